The summed E-state index contributed by atoms with van der Waals surface area (Å²) < 4.78 is 19.9. The minimum Gasteiger partial charge on any atom is -0.497 e. The van der Waals surface area contributed by atoms with Crippen molar-refractivity contribution in [2.24, 2.45) is 7.05 Å². The molecule has 0 aliphatic heterocycles. The van der Waals surface area contributed by atoms with Gasteiger partial charge >= 0.3 is 0 Å². The highest BCUT2D eigenvalue weighted by Crippen LogP contribution is 2.25. The predicted octanol–water partition coefficient (Wildman–Crippen LogP) is 3.49. The summed E-state index contributed by atoms with van der Waals surface area (Å²) in [6.45, 7) is 0. The van der Waals surface area contributed by atoms with Gasteiger partial charge in [0.1, 0.15) is 11.6 Å². The van der Waals surface area contributed by atoms with Gasteiger partial charge in [-0.05, 0) is 36.4 Å². The molecule has 0 saturated heterocycles. The van der Waals surface area contributed by atoms with Crippen molar-refractivity contribution in [2.75, 3.05) is 12.4 Å². The first kappa shape index (κ1) is 15.7. The van der Waals surface area contributed by atoms with E-state index in [9.17, 15) is 9.18 Å². The molecule has 24 heavy (non-hydrogen) atoms. The number of aromatic nitrogens is 2. The fourth-order valence-corrected chi connectivity index (χ4v) is 2.35. The molecular formula is C18H16FN3O2. The minimum absolute atomic E-state index is 0.346. The molecule has 0 fully saturated rings. The van der Waals surface area contributed by atoms with Crippen LogP contribution >= 0.6 is 0 Å². The molecule has 5 nitrogen and oxygen atoms in total. The van der Waals surface area contributed by atoms with Crippen LogP contribution in [0.4, 0.5) is 10.3 Å². The molecule has 0 radical (unpaired) electrons. The standard InChI is InChI=1S/C18H16FN3O2/c1-22-16(13-4-3-5-15(10-13)24-2)11-20-18(22)21-17(23)12-6-8-14(19)9-7-12/h3-11H,1-2H3,(H,20,21,23). The summed E-state index contributed by atoms with van der Waals surface area (Å²) in [6.07, 6.45) is 1.68. The van der Waals surface area contributed by atoms with Crippen molar-refractivity contribution in [1.82, 2.24) is 9.55 Å². The lowest BCUT2D eigenvalue weighted by Gasteiger charge is -2.08. The number of benzene rings is 2. The summed E-state index contributed by atoms with van der Waals surface area (Å²) in [6, 6.07) is 12.9. The maximum atomic E-state index is 12.9. The number of methoxy groups -OCH3 is 1. The number of imidazole rings is 1. The average Bonchev–Trinajstić information content (AvgIpc) is 2.96. The van der Waals surface area contributed by atoms with Gasteiger partial charge in [-0.1, -0.05) is 12.1 Å². The Balaban J connectivity index is 1.84. The molecule has 0 unspecified atom stereocenters. The first-order valence-electron chi connectivity index (χ1n) is 7.31. The number of amides is 1. The fourth-order valence-electron chi connectivity index (χ4n) is 2.35. The van der Waals surface area contributed by atoms with E-state index in [1.165, 1.54) is 24.3 Å². The van der Waals surface area contributed by atoms with E-state index >= 15 is 0 Å². The highest BCUT2D eigenvalue weighted by molar-refractivity contribution is 6.03. The lowest BCUT2D eigenvalue weighted by atomic mass is 10.1. The molecule has 0 saturated carbocycles. The Labute approximate surface area is 138 Å². The van der Waals surface area contributed by atoms with E-state index in [0.29, 0.717) is 11.5 Å². The van der Waals surface area contributed by atoms with Crippen molar-refractivity contribution in [2.45, 2.75) is 0 Å². The summed E-state index contributed by atoms with van der Waals surface area (Å²) in [5, 5.41) is 2.72. The third kappa shape index (κ3) is 3.12. The molecule has 3 rings (SSSR count). The Kier molecular flexibility index (Phi) is 4.29. The van der Waals surface area contributed by atoms with E-state index in [2.05, 4.69) is 10.3 Å². The van der Waals surface area contributed by atoms with Crippen LogP contribution in [0.5, 0.6) is 5.75 Å². The second kappa shape index (κ2) is 6.54. The van der Waals surface area contributed by atoms with Crippen molar-refractivity contribution in [3.8, 4) is 17.0 Å². The quantitative estimate of drug-likeness (QED) is 0.799. The van der Waals surface area contributed by atoms with Gasteiger partial charge in [0.2, 0.25) is 5.95 Å². The van der Waals surface area contributed by atoms with Crippen molar-refractivity contribution in [1.29, 1.82) is 0 Å². The van der Waals surface area contributed by atoms with Crippen LogP contribution in [0, 0.1) is 5.82 Å². The number of ether oxygens (including phenoxy) is 1. The van der Waals surface area contributed by atoms with Crippen LogP contribution in [-0.4, -0.2) is 22.6 Å². The van der Waals surface area contributed by atoms with Gasteiger partial charge in [0.15, 0.2) is 0 Å². The van der Waals surface area contributed by atoms with E-state index in [4.69, 9.17) is 4.74 Å². The Morgan fingerprint density at radius 3 is 2.67 bits per heavy atom. The summed E-state index contributed by atoms with van der Waals surface area (Å²) in [7, 11) is 3.42. The van der Waals surface area contributed by atoms with Gasteiger partial charge in [0.05, 0.1) is 19.0 Å². The molecule has 0 atom stereocenters. The van der Waals surface area contributed by atoms with Crippen molar-refractivity contribution in [3.05, 3.63) is 66.1 Å². The first-order chi connectivity index (χ1) is 11.6. The molecule has 6 heteroatoms. The number of hydrogen-bond acceptors (Lipinski definition) is 3. The van der Waals surface area contributed by atoms with Gasteiger partial charge in [0, 0.05) is 18.2 Å². The lowest BCUT2D eigenvalue weighted by Crippen LogP contribution is -2.15. The van der Waals surface area contributed by atoms with E-state index < -0.39 is 0 Å². The molecule has 0 spiro atoms. The van der Waals surface area contributed by atoms with Crippen molar-refractivity contribution in [3.63, 3.8) is 0 Å². The zero-order chi connectivity index (χ0) is 17.1. The largest absolute Gasteiger partial charge is 0.497 e. The second-order valence-corrected chi connectivity index (χ2v) is 5.22. The van der Waals surface area contributed by atoms with Crippen LogP contribution in [0.15, 0.2) is 54.7 Å². The second-order valence-electron chi connectivity index (χ2n) is 5.22. The zero-order valence-electron chi connectivity index (χ0n) is 13.3. The monoisotopic (exact) mass is 325 g/mol. The normalized spacial score (nSPS) is 10.5. The lowest BCUT2D eigenvalue weighted by molar-refractivity contribution is 0.102. The number of nitrogens with zero attached hydrogens (tertiary/aromatic N) is 2. The average molecular weight is 325 g/mol. The van der Waals surface area contributed by atoms with E-state index in [0.717, 1.165) is 17.0 Å². The van der Waals surface area contributed by atoms with Gasteiger partial charge in [0.25, 0.3) is 5.91 Å². The SMILES string of the molecule is COc1cccc(-c2cnc(NC(=O)c3ccc(F)cc3)n2C)c1. The maximum Gasteiger partial charge on any atom is 0.257 e. The van der Waals surface area contributed by atoms with Gasteiger partial charge < -0.3 is 9.30 Å². The Morgan fingerprint density at radius 1 is 1.21 bits per heavy atom. The van der Waals surface area contributed by atoms with E-state index in [1.807, 2.05) is 31.3 Å². The number of nitrogens with one attached hydrogen (secondary N) is 1. The highest BCUT2D eigenvalue weighted by Gasteiger charge is 2.13. The summed E-state index contributed by atoms with van der Waals surface area (Å²) in [4.78, 5) is 16.5. The molecule has 0 aliphatic carbocycles. The molecule has 1 aromatic heterocycles. The van der Waals surface area contributed by atoms with Crippen LogP contribution in [0.1, 0.15) is 10.4 Å². The van der Waals surface area contributed by atoms with Crippen LogP contribution < -0.4 is 10.1 Å². The van der Waals surface area contributed by atoms with Crippen LogP contribution in [0.2, 0.25) is 0 Å². The number of rotatable bonds is 4. The van der Waals surface area contributed by atoms with Crippen LogP contribution in [0.25, 0.3) is 11.3 Å². The molecule has 1 amide bonds. The van der Waals surface area contributed by atoms with Crippen molar-refractivity contribution >= 4 is 11.9 Å². The van der Waals surface area contributed by atoms with Gasteiger partial charge in [-0.15, -0.1) is 0 Å². The topological polar surface area (TPSA) is 56.1 Å². The van der Waals surface area contributed by atoms with Crippen molar-refractivity contribution < 1.29 is 13.9 Å². The molecule has 1 heterocycles. The highest BCUT2D eigenvalue weighted by atomic mass is 19.1. The fraction of sp³-hybridized carbons (Fsp3) is 0.111. The van der Waals surface area contributed by atoms with Crippen LogP contribution in [-0.2, 0) is 7.05 Å². The van der Waals surface area contributed by atoms with E-state index in [1.54, 1.807) is 17.9 Å². The number of anilines is 1. The zero-order valence-corrected chi connectivity index (χ0v) is 13.3. The Bertz CT molecular complexity index is 872. The number of halogens is 1. The third-order valence-electron chi connectivity index (χ3n) is 3.69. The summed E-state index contributed by atoms with van der Waals surface area (Å²) >= 11 is 0. The Hall–Kier alpha value is -3.15. The summed E-state index contributed by atoms with van der Waals surface area (Å²) in [5.41, 5.74) is 2.12. The van der Waals surface area contributed by atoms with Crippen LogP contribution in [0.3, 0.4) is 0 Å². The molecule has 0 bridgehead atoms. The first-order valence-corrected chi connectivity index (χ1v) is 7.31. The third-order valence-corrected chi connectivity index (χ3v) is 3.69. The van der Waals surface area contributed by atoms with E-state index in [-0.39, 0.29) is 11.7 Å². The molecule has 3 aromatic rings. The summed E-state index contributed by atoms with van der Waals surface area (Å²) in [5.74, 6) is 0.414. The number of carbonyl (C=O) groups excluding carboxylic acids is 1. The number of carbonyl (C=O) groups is 1. The minimum atomic E-state index is -0.385. The maximum absolute atomic E-state index is 12.9. The predicted molar refractivity (Wildman–Crippen MR) is 89.5 cm³/mol. The van der Waals surface area contributed by atoms with Gasteiger partial charge in [-0.2, -0.15) is 0 Å². The Morgan fingerprint density at radius 2 is 1.96 bits per heavy atom. The number of hydrogen-bond donors (Lipinski definition) is 1. The van der Waals surface area contributed by atoms with Gasteiger partial charge in [-0.25, -0.2) is 9.37 Å². The van der Waals surface area contributed by atoms with Gasteiger partial charge in [-0.3, -0.25) is 10.1 Å². The molecule has 2 aromatic carbocycles. The smallest absolute Gasteiger partial charge is 0.257 e. The molecule has 122 valence electrons. The molecular weight excluding hydrogens is 309 g/mol. The molecule has 1 N–H and O–H groups in total. The molecule has 0 aliphatic rings.